The summed E-state index contributed by atoms with van der Waals surface area (Å²) in [5.41, 5.74) is 1.81. The first-order valence-electron chi connectivity index (χ1n) is 20.8. The summed E-state index contributed by atoms with van der Waals surface area (Å²) in [6.45, 7) is 21.6. The third-order valence-corrected chi connectivity index (χ3v) is 16.9. The van der Waals surface area contributed by atoms with E-state index in [4.69, 9.17) is 18.6 Å². The molecule has 1 aliphatic heterocycles. The molecule has 0 unspecified atom stereocenters. The van der Waals surface area contributed by atoms with Crippen LogP contribution in [0, 0.1) is 12.3 Å². The number of hydrogen-bond acceptors (Lipinski definition) is 10. The van der Waals surface area contributed by atoms with Crippen molar-refractivity contribution in [3.05, 3.63) is 35.0 Å². The third-order valence-electron chi connectivity index (χ3n) is 11.3. The first kappa shape index (κ1) is 47.3. The van der Waals surface area contributed by atoms with E-state index in [9.17, 15) is 23.6 Å². The summed E-state index contributed by atoms with van der Waals surface area (Å²) in [5, 5.41) is 5.71. The van der Waals surface area contributed by atoms with Crippen LogP contribution in [-0.4, -0.2) is 98.7 Å². The summed E-state index contributed by atoms with van der Waals surface area (Å²) in [7, 11) is -2.28. The van der Waals surface area contributed by atoms with Gasteiger partial charge in [0.2, 0.25) is 11.8 Å². The van der Waals surface area contributed by atoms with E-state index < -0.39 is 43.3 Å². The van der Waals surface area contributed by atoms with Crippen LogP contribution in [0.4, 0.5) is 4.39 Å². The van der Waals surface area contributed by atoms with E-state index in [0.717, 1.165) is 53.8 Å². The number of likely N-dealkylation sites (tertiary alicyclic amines) is 1. The fourth-order valence-corrected chi connectivity index (χ4v) is 8.77. The van der Waals surface area contributed by atoms with E-state index in [1.165, 1.54) is 4.90 Å². The fourth-order valence-electron chi connectivity index (χ4n) is 6.61. The molecule has 12 nitrogen and oxygen atoms in total. The molecule has 4 rings (SSSR count). The maximum atomic E-state index is 14.8. The number of nitrogens with zero attached hydrogens (tertiary/aromatic N) is 2. The number of aryl methyl sites for hydroxylation is 1. The van der Waals surface area contributed by atoms with Gasteiger partial charge < -0.3 is 34.2 Å². The number of rotatable bonds is 21. The zero-order valence-corrected chi connectivity index (χ0v) is 38.2. The number of alkyl halides is 1. The molecule has 2 heterocycles. The highest BCUT2D eigenvalue weighted by Gasteiger charge is 2.54. The number of halogens is 1. The number of aromatic nitrogens is 1. The van der Waals surface area contributed by atoms with Gasteiger partial charge in [0.05, 0.1) is 35.4 Å². The second-order valence-corrected chi connectivity index (χ2v) is 23.9. The molecule has 2 N–H and O–H groups in total. The van der Waals surface area contributed by atoms with Crippen molar-refractivity contribution >= 4 is 43.3 Å². The molecule has 15 heteroatoms. The van der Waals surface area contributed by atoms with Gasteiger partial charge in [0, 0.05) is 31.7 Å². The second-order valence-electron chi connectivity index (χ2n) is 18.3. The van der Waals surface area contributed by atoms with Gasteiger partial charge >= 0.3 is 5.97 Å². The first-order chi connectivity index (χ1) is 27.2. The van der Waals surface area contributed by atoms with Gasteiger partial charge in [-0.3, -0.25) is 14.4 Å². The number of carbonyl (C=O) groups excluding carboxylic acids is 4. The van der Waals surface area contributed by atoms with Crippen molar-refractivity contribution in [3.63, 3.8) is 0 Å². The van der Waals surface area contributed by atoms with Crippen LogP contribution in [0.25, 0.3) is 10.4 Å². The Morgan fingerprint density at radius 1 is 1.03 bits per heavy atom. The molecule has 2 aromatic rings. The Bertz CT molecular complexity index is 1720. The number of benzene rings is 1. The summed E-state index contributed by atoms with van der Waals surface area (Å²) >= 11 is 1.55. The summed E-state index contributed by atoms with van der Waals surface area (Å²) in [4.78, 5) is 60.0. The van der Waals surface area contributed by atoms with E-state index in [1.54, 1.807) is 18.3 Å². The van der Waals surface area contributed by atoms with Crippen molar-refractivity contribution in [2.75, 3.05) is 33.0 Å². The molecule has 1 aliphatic carbocycles. The highest BCUT2D eigenvalue weighted by molar-refractivity contribution is 7.13. The monoisotopic (exact) mass is 846 g/mol. The van der Waals surface area contributed by atoms with Crippen molar-refractivity contribution in [2.24, 2.45) is 5.41 Å². The van der Waals surface area contributed by atoms with Crippen LogP contribution in [0.1, 0.15) is 111 Å². The van der Waals surface area contributed by atoms with Crippen LogP contribution in [0.5, 0.6) is 5.75 Å². The number of amides is 3. The highest BCUT2D eigenvalue weighted by atomic mass is 32.1. The molecular weight excluding hydrogens is 780 g/mol. The van der Waals surface area contributed by atoms with E-state index in [2.05, 4.69) is 49.5 Å². The van der Waals surface area contributed by atoms with Gasteiger partial charge in [-0.15, -0.1) is 11.3 Å². The molecule has 3 amide bonds. The van der Waals surface area contributed by atoms with Gasteiger partial charge in [0.1, 0.15) is 24.4 Å². The molecule has 0 bridgehead atoms. The van der Waals surface area contributed by atoms with Gasteiger partial charge in [-0.05, 0) is 74.7 Å². The minimum absolute atomic E-state index is 0.0206. The van der Waals surface area contributed by atoms with Crippen molar-refractivity contribution in [2.45, 2.75) is 155 Å². The van der Waals surface area contributed by atoms with Gasteiger partial charge in [0.15, 0.2) is 14.0 Å². The number of thiazole rings is 1. The second kappa shape index (κ2) is 20.2. The summed E-state index contributed by atoms with van der Waals surface area (Å²) in [5.74, 6) is -1.23. The Kier molecular flexibility index (Phi) is 16.5. The standard InChI is InChI=1S/C43H67FN4O8SSi/c1-11-54-35(49)27-53-21-15-13-12-14-16-22-55-34-23-30(36-29(2)46-28-57-36)17-18-31(34)25-45-38(50)33-24-32(56-58(9,10)42(6,7)8)26-48(33)39(51)37(41(3,4)5)47-40(52)43(44)19-20-43/h17-18,23,28,32-33,37H,11-16,19-22,24-27H2,1-10H3,(H,45,50)(H,47,52)/t32-,33+,37-/m1/s1. The summed E-state index contributed by atoms with van der Waals surface area (Å²) in [6, 6.07) is 4.05. The average Bonchev–Trinajstić information content (AvgIpc) is 3.53. The maximum absolute atomic E-state index is 14.8. The lowest BCUT2D eigenvalue weighted by Gasteiger charge is -2.38. The van der Waals surface area contributed by atoms with Gasteiger partial charge in [0.25, 0.3) is 5.91 Å². The molecule has 1 aromatic carbocycles. The largest absolute Gasteiger partial charge is 0.493 e. The van der Waals surface area contributed by atoms with E-state index in [0.29, 0.717) is 32.0 Å². The van der Waals surface area contributed by atoms with E-state index >= 15 is 0 Å². The molecule has 58 heavy (non-hydrogen) atoms. The fraction of sp³-hybridized carbons (Fsp3) is 0.698. The van der Waals surface area contributed by atoms with Gasteiger partial charge in [-0.1, -0.05) is 72.9 Å². The van der Waals surface area contributed by atoms with Crippen molar-refractivity contribution in [1.82, 2.24) is 20.5 Å². The third kappa shape index (κ3) is 13.0. The van der Waals surface area contributed by atoms with Crippen LogP contribution in [0.2, 0.25) is 18.1 Å². The first-order valence-corrected chi connectivity index (χ1v) is 24.6. The van der Waals surface area contributed by atoms with Crippen LogP contribution in [0.3, 0.4) is 0 Å². The van der Waals surface area contributed by atoms with E-state index in [1.807, 2.05) is 51.4 Å². The van der Waals surface area contributed by atoms with Gasteiger partial charge in [-0.25, -0.2) is 14.2 Å². The minimum atomic E-state index is -2.28. The molecule has 0 radical (unpaired) electrons. The van der Waals surface area contributed by atoms with E-state index in [-0.39, 0.29) is 55.6 Å². The summed E-state index contributed by atoms with van der Waals surface area (Å²) < 4.78 is 38.2. The smallest absolute Gasteiger partial charge is 0.332 e. The van der Waals surface area contributed by atoms with Gasteiger partial charge in [-0.2, -0.15) is 0 Å². The molecule has 1 aromatic heterocycles. The summed E-state index contributed by atoms with van der Waals surface area (Å²) in [6.07, 6.45) is 4.81. The molecule has 324 valence electrons. The normalized spacial score (nSPS) is 18.4. The van der Waals surface area contributed by atoms with Crippen LogP contribution < -0.4 is 15.4 Å². The number of nitrogens with one attached hydrogen (secondary N) is 2. The molecular formula is C43H67FN4O8SSi. The zero-order valence-electron chi connectivity index (χ0n) is 36.4. The molecule has 1 saturated carbocycles. The maximum Gasteiger partial charge on any atom is 0.332 e. The minimum Gasteiger partial charge on any atom is -0.493 e. The van der Waals surface area contributed by atoms with Crippen molar-refractivity contribution in [3.8, 4) is 16.2 Å². The topological polar surface area (TPSA) is 145 Å². The number of hydrogen-bond donors (Lipinski definition) is 2. The Labute approximate surface area is 349 Å². The quantitative estimate of drug-likeness (QED) is 0.0735. The lowest BCUT2D eigenvalue weighted by molar-refractivity contribution is -0.148. The number of esters is 1. The van der Waals surface area contributed by atoms with Crippen LogP contribution >= 0.6 is 11.3 Å². The Morgan fingerprint density at radius 2 is 1.71 bits per heavy atom. The Balaban J connectivity index is 1.46. The molecule has 3 atom stereocenters. The molecule has 2 fully saturated rings. The van der Waals surface area contributed by atoms with Crippen molar-refractivity contribution < 1.29 is 42.2 Å². The van der Waals surface area contributed by atoms with Crippen LogP contribution in [-0.2, 0) is 39.6 Å². The molecule has 0 spiro atoms. The lowest BCUT2D eigenvalue weighted by atomic mass is 9.85. The predicted molar refractivity (Wildman–Crippen MR) is 227 cm³/mol. The Hall–Kier alpha value is -3.40. The number of unbranched alkanes of at least 4 members (excludes halogenated alkanes) is 4. The highest BCUT2D eigenvalue weighted by Crippen LogP contribution is 2.41. The predicted octanol–water partition coefficient (Wildman–Crippen LogP) is 7.67. The lowest BCUT2D eigenvalue weighted by Crippen LogP contribution is -2.59. The number of ether oxygens (including phenoxy) is 3. The Morgan fingerprint density at radius 3 is 2.31 bits per heavy atom. The SMILES string of the molecule is CCOC(=O)COCCCCCCCOc1cc(-c2scnc2C)ccc1CNC(=O)[C@@H]1C[C@@H](O[Si](C)(C)C(C)(C)C)CN1C(=O)[C@@H](NC(=O)C1(F)CC1)C(C)(C)C. The number of carbonyl (C=O) groups is 4. The van der Waals surface area contributed by atoms with Crippen LogP contribution in [0.15, 0.2) is 23.7 Å². The zero-order chi connectivity index (χ0) is 42.9. The molecule has 1 saturated heterocycles. The van der Waals surface area contributed by atoms with Crippen molar-refractivity contribution in [1.29, 1.82) is 0 Å². The average molecular weight is 847 g/mol. The molecule has 2 aliphatic rings.